The van der Waals surface area contributed by atoms with Gasteiger partial charge in [0.05, 0.1) is 6.04 Å². The minimum absolute atomic E-state index is 0.0722. The highest BCUT2D eigenvalue weighted by atomic mass is 19.1. The molecule has 2 fully saturated rings. The third-order valence-corrected chi connectivity index (χ3v) is 3.61. The first-order chi connectivity index (χ1) is 8.66. The summed E-state index contributed by atoms with van der Waals surface area (Å²) in [5.41, 5.74) is 5.98. The van der Waals surface area contributed by atoms with Crippen LogP contribution in [0.2, 0.25) is 0 Å². The van der Waals surface area contributed by atoms with Crippen LogP contribution in [0.15, 0.2) is 23.2 Å². The zero-order valence-electron chi connectivity index (χ0n) is 9.94. The van der Waals surface area contributed by atoms with Crippen molar-refractivity contribution in [1.29, 1.82) is 0 Å². The van der Waals surface area contributed by atoms with Gasteiger partial charge in [0.15, 0.2) is 5.96 Å². The van der Waals surface area contributed by atoms with Gasteiger partial charge >= 0.3 is 0 Å². The number of likely N-dealkylation sites (tertiary alicyclic amines) is 1. The summed E-state index contributed by atoms with van der Waals surface area (Å²) in [7, 11) is 0. The number of halogens is 2. The van der Waals surface area contributed by atoms with Gasteiger partial charge in [0.2, 0.25) is 0 Å². The third kappa shape index (κ3) is 1.94. The lowest BCUT2D eigenvalue weighted by Crippen LogP contribution is -2.46. The molecule has 1 aliphatic heterocycles. The monoisotopic (exact) mass is 251 g/mol. The minimum atomic E-state index is -0.486. The van der Waals surface area contributed by atoms with Gasteiger partial charge in [-0.05, 0) is 25.0 Å². The quantitative estimate of drug-likeness (QED) is 0.643. The van der Waals surface area contributed by atoms with Crippen LogP contribution in [0.3, 0.4) is 0 Å². The van der Waals surface area contributed by atoms with Crippen molar-refractivity contribution < 1.29 is 8.78 Å². The molecule has 1 aromatic carbocycles. The number of hydrogen-bond donors (Lipinski definition) is 1. The second-order valence-electron chi connectivity index (χ2n) is 4.87. The minimum Gasteiger partial charge on any atom is -0.370 e. The lowest BCUT2D eigenvalue weighted by atomic mass is 10.1. The highest BCUT2D eigenvalue weighted by molar-refractivity contribution is 5.79. The van der Waals surface area contributed by atoms with E-state index in [1.165, 1.54) is 18.2 Å². The molecule has 0 spiro atoms. The molecule has 0 bridgehead atoms. The molecule has 3 nitrogen and oxygen atoms in total. The molecular formula is C13H15F2N3. The topological polar surface area (TPSA) is 41.6 Å². The summed E-state index contributed by atoms with van der Waals surface area (Å²) in [6, 6.07) is 3.88. The Kier molecular flexibility index (Phi) is 2.69. The van der Waals surface area contributed by atoms with Gasteiger partial charge in [0, 0.05) is 24.6 Å². The summed E-state index contributed by atoms with van der Waals surface area (Å²) >= 11 is 0. The van der Waals surface area contributed by atoms with Crippen LogP contribution in [0.4, 0.5) is 8.78 Å². The molecule has 5 heteroatoms. The smallest absolute Gasteiger partial charge is 0.191 e. The Bertz CT molecular complexity index is 477. The van der Waals surface area contributed by atoms with Crippen LogP contribution in [0, 0.1) is 11.6 Å². The van der Waals surface area contributed by atoms with Crippen molar-refractivity contribution in [3.8, 4) is 0 Å². The van der Waals surface area contributed by atoms with E-state index in [0.717, 1.165) is 19.5 Å². The molecular weight excluding hydrogens is 236 g/mol. The first-order valence-corrected chi connectivity index (χ1v) is 6.19. The molecule has 0 aromatic heterocycles. The van der Waals surface area contributed by atoms with Crippen LogP contribution < -0.4 is 5.73 Å². The van der Waals surface area contributed by atoms with Gasteiger partial charge in [0.1, 0.15) is 11.6 Å². The number of nitrogens with two attached hydrogens (primary N) is 1. The Morgan fingerprint density at radius 3 is 2.50 bits per heavy atom. The van der Waals surface area contributed by atoms with Gasteiger partial charge < -0.3 is 10.6 Å². The highest BCUT2D eigenvalue weighted by Gasteiger charge is 2.42. The second kappa shape index (κ2) is 4.23. The van der Waals surface area contributed by atoms with E-state index in [-0.39, 0.29) is 17.5 Å². The molecule has 1 saturated heterocycles. The Morgan fingerprint density at radius 1 is 1.28 bits per heavy atom. The molecule has 1 aliphatic carbocycles. The number of rotatable bonds is 2. The van der Waals surface area contributed by atoms with Crippen LogP contribution in [0.25, 0.3) is 0 Å². The highest BCUT2D eigenvalue weighted by Crippen LogP contribution is 2.45. The lowest BCUT2D eigenvalue weighted by Gasteiger charge is -2.31. The summed E-state index contributed by atoms with van der Waals surface area (Å²) < 4.78 is 27.1. The lowest BCUT2D eigenvalue weighted by molar-refractivity contribution is 0.295. The van der Waals surface area contributed by atoms with E-state index in [1.54, 1.807) is 0 Å². The van der Waals surface area contributed by atoms with Crippen molar-refractivity contribution in [1.82, 2.24) is 4.90 Å². The van der Waals surface area contributed by atoms with Crippen molar-refractivity contribution in [2.45, 2.75) is 24.8 Å². The molecule has 0 radical (unpaired) electrons. The Balaban J connectivity index is 1.74. The second-order valence-corrected chi connectivity index (χ2v) is 4.87. The Morgan fingerprint density at radius 2 is 1.94 bits per heavy atom. The molecule has 96 valence electrons. The van der Waals surface area contributed by atoms with Gasteiger partial charge in [-0.25, -0.2) is 13.8 Å². The zero-order valence-corrected chi connectivity index (χ0v) is 9.94. The summed E-state index contributed by atoms with van der Waals surface area (Å²) in [5, 5.41) is 0. The third-order valence-electron chi connectivity index (χ3n) is 3.61. The van der Waals surface area contributed by atoms with Crippen LogP contribution in [0.5, 0.6) is 0 Å². The fraction of sp³-hybridized carbons (Fsp3) is 0.462. The van der Waals surface area contributed by atoms with E-state index in [1.807, 2.05) is 4.90 Å². The van der Waals surface area contributed by atoms with E-state index >= 15 is 0 Å². The molecule has 1 aromatic rings. The van der Waals surface area contributed by atoms with Crippen molar-refractivity contribution >= 4 is 5.96 Å². The van der Waals surface area contributed by atoms with Crippen LogP contribution in [0.1, 0.15) is 24.3 Å². The summed E-state index contributed by atoms with van der Waals surface area (Å²) in [5.74, 6) is -0.628. The SMILES string of the molecule is NC(=N[C@@H]1C[C@H]1c1c(F)cccc1F)N1CCC1. The first kappa shape index (κ1) is 11.4. The van der Waals surface area contributed by atoms with Gasteiger partial charge in [-0.2, -0.15) is 0 Å². The number of nitrogens with zero attached hydrogens (tertiary/aromatic N) is 2. The van der Waals surface area contributed by atoms with E-state index in [4.69, 9.17) is 5.73 Å². The molecule has 1 heterocycles. The van der Waals surface area contributed by atoms with Gasteiger partial charge in [-0.3, -0.25) is 0 Å². The summed E-state index contributed by atoms with van der Waals surface area (Å²) in [4.78, 5) is 6.32. The maximum Gasteiger partial charge on any atom is 0.191 e. The fourth-order valence-corrected chi connectivity index (χ4v) is 2.30. The van der Waals surface area contributed by atoms with E-state index in [2.05, 4.69) is 4.99 Å². The zero-order chi connectivity index (χ0) is 12.7. The Hall–Kier alpha value is -1.65. The normalized spacial score (nSPS) is 27.0. The van der Waals surface area contributed by atoms with Crippen molar-refractivity contribution in [3.63, 3.8) is 0 Å². The number of guanidine groups is 1. The van der Waals surface area contributed by atoms with Gasteiger partial charge in [-0.1, -0.05) is 6.07 Å². The van der Waals surface area contributed by atoms with Gasteiger partial charge in [-0.15, -0.1) is 0 Å². The Labute approximate surface area is 104 Å². The average Bonchev–Trinajstić information content (AvgIpc) is 2.93. The van der Waals surface area contributed by atoms with Gasteiger partial charge in [0.25, 0.3) is 0 Å². The maximum absolute atomic E-state index is 13.6. The summed E-state index contributed by atoms with van der Waals surface area (Å²) in [6.45, 7) is 1.86. The molecule has 0 amide bonds. The molecule has 2 aliphatic rings. The molecule has 1 saturated carbocycles. The maximum atomic E-state index is 13.6. The standard InChI is InChI=1S/C13H15F2N3/c14-9-3-1-4-10(15)12(9)8-7-11(8)17-13(16)18-5-2-6-18/h1,3-4,8,11H,2,5-7H2,(H2,16,17)/t8-,11-/m1/s1. The number of aliphatic imine (C=N–C) groups is 1. The predicted molar refractivity (Wildman–Crippen MR) is 65.3 cm³/mol. The van der Waals surface area contributed by atoms with Crippen molar-refractivity contribution in [2.75, 3.05) is 13.1 Å². The van der Waals surface area contributed by atoms with E-state index < -0.39 is 11.6 Å². The number of benzene rings is 1. The molecule has 2 N–H and O–H groups in total. The van der Waals surface area contributed by atoms with Crippen LogP contribution >= 0.6 is 0 Å². The number of hydrogen-bond acceptors (Lipinski definition) is 1. The summed E-state index contributed by atoms with van der Waals surface area (Å²) in [6.07, 6.45) is 1.80. The van der Waals surface area contributed by atoms with Crippen LogP contribution in [-0.2, 0) is 0 Å². The molecule has 3 rings (SSSR count). The van der Waals surface area contributed by atoms with Crippen LogP contribution in [-0.4, -0.2) is 30.0 Å². The largest absolute Gasteiger partial charge is 0.370 e. The van der Waals surface area contributed by atoms with Crippen molar-refractivity contribution in [3.05, 3.63) is 35.4 Å². The molecule has 2 atom stereocenters. The fourth-order valence-electron chi connectivity index (χ4n) is 2.30. The predicted octanol–water partition coefficient (Wildman–Crippen LogP) is 1.84. The van der Waals surface area contributed by atoms with Crippen molar-refractivity contribution in [2.24, 2.45) is 10.7 Å². The van der Waals surface area contributed by atoms with E-state index in [9.17, 15) is 8.78 Å². The first-order valence-electron chi connectivity index (χ1n) is 6.19. The van der Waals surface area contributed by atoms with E-state index in [0.29, 0.717) is 12.4 Å². The average molecular weight is 251 g/mol. The molecule has 18 heavy (non-hydrogen) atoms. The molecule has 0 unspecified atom stereocenters.